The van der Waals surface area contributed by atoms with E-state index in [2.05, 4.69) is 10.3 Å². The lowest BCUT2D eigenvalue weighted by atomic mass is 10.2. The van der Waals surface area contributed by atoms with Crippen molar-refractivity contribution in [1.29, 1.82) is 5.26 Å². The molecule has 0 unspecified atom stereocenters. The number of pyridine rings is 1. The molecule has 0 aliphatic carbocycles. The van der Waals surface area contributed by atoms with Gasteiger partial charge in [0.25, 0.3) is 0 Å². The van der Waals surface area contributed by atoms with E-state index in [-0.39, 0.29) is 5.82 Å². The number of aromatic nitrogens is 1. The van der Waals surface area contributed by atoms with Crippen LogP contribution < -0.4 is 5.32 Å². The number of benzene rings is 1. The maximum atomic E-state index is 13.5. The van der Waals surface area contributed by atoms with E-state index >= 15 is 0 Å². The Morgan fingerprint density at radius 2 is 2.18 bits per heavy atom. The Morgan fingerprint density at radius 1 is 1.35 bits per heavy atom. The number of nitrogens with one attached hydrogen (secondary N) is 1. The molecule has 0 radical (unpaired) electrons. The van der Waals surface area contributed by atoms with Crippen LogP contribution in [0.5, 0.6) is 0 Å². The van der Waals surface area contributed by atoms with Crippen LogP contribution in [-0.2, 0) is 0 Å². The third kappa shape index (κ3) is 2.40. The monoisotopic (exact) mass is 227 g/mol. The molecule has 1 N–H and O–H groups in total. The summed E-state index contributed by atoms with van der Waals surface area (Å²) in [5.41, 5.74) is 1.64. The van der Waals surface area contributed by atoms with Gasteiger partial charge in [0.05, 0.1) is 11.3 Å². The Balaban J connectivity index is 2.38. The third-order valence-corrected chi connectivity index (χ3v) is 2.30. The predicted molar refractivity (Wildman–Crippen MR) is 63.4 cm³/mol. The highest BCUT2D eigenvalue weighted by Crippen LogP contribution is 2.21. The molecule has 3 nitrogen and oxygen atoms in total. The number of hydrogen-bond acceptors (Lipinski definition) is 3. The third-order valence-electron chi connectivity index (χ3n) is 2.30. The fourth-order valence-corrected chi connectivity index (χ4v) is 1.46. The van der Waals surface area contributed by atoms with Crippen molar-refractivity contribution in [2.45, 2.75) is 6.92 Å². The van der Waals surface area contributed by atoms with Crippen LogP contribution in [0.25, 0.3) is 0 Å². The SMILES string of the molecule is Cc1ccc(F)c(Nc2ncccc2C#N)c1. The second kappa shape index (κ2) is 4.62. The molecule has 0 saturated carbocycles. The van der Waals surface area contributed by atoms with E-state index in [1.54, 1.807) is 30.5 Å². The number of aryl methyl sites for hydroxylation is 1. The number of nitrogens with zero attached hydrogens (tertiary/aromatic N) is 2. The van der Waals surface area contributed by atoms with Crippen LogP contribution >= 0.6 is 0 Å². The quantitative estimate of drug-likeness (QED) is 0.857. The lowest BCUT2D eigenvalue weighted by Gasteiger charge is -2.08. The molecule has 4 heteroatoms. The summed E-state index contributed by atoms with van der Waals surface area (Å²) in [5.74, 6) is -0.00959. The van der Waals surface area contributed by atoms with Gasteiger partial charge in [0, 0.05) is 6.20 Å². The molecular weight excluding hydrogens is 217 g/mol. The van der Waals surface area contributed by atoms with Crippen molar-refractivity contribution in [2.75, 3.05) is 5.32 Å². The van der Waals surface area contributed by atoms with Crippen molar-refractivity contribution in [1.82, 2.24) is 4.98 Å². The van der Waals surface area contributed by atoms with Gasteiger partial charge in [-0.2, -0.15) is 5.26 Å². The fraction of sp³-hybridized carbons (Fsp3) is 0.0769. The minimum absolute atomic E-state index is 0.320. The van der Waals surface area contributed by atoms with Crippen molar-refractivity contribution in [3.05, 3.63) is 53.5 Å². The molecule has 0 aliphatic rings. The van der Waals surface area contributed by atoms with Crippen LogP contribution in [0, 0.1) is 24.1 Å². The smallest absolute Gasteiger partial charge is 0.148 e. The van der Waals surface area contributed by atoms with Crippen molar-refractivity contribution < 1.29 is 4.39 Å². The molecule has 1 aromatic carbocycles. The molecule has 84 valence electrons. The van der Waals surface area contributed by atoms with Crippen LogP contribution in [0.3, 0.4) is 0 Å². The van der Waals surface area contributed by atoms with Gasteiger partial charge < -0.3 is 5.32 Å². The highest BCUT2D eigenvalue weighted by atomic mass is 19.1. The zero-order chi connectivity index (χ0) is 12.3. The Bertz CT molecular complexity index is 587. The summed E-state index contributed by atoms with van der Waals surface area (Å²) in [5, 5.41) is 11.7. The number of halogens is 1. The maximum absolute atomic E-state index is 13.5. The Hall–Kier alpha value is -2.41. The lowest BCUT2D eigenvalue weighted by Crippen LogP contribution is -1.98. The van der Waals surface area contributed by atoms with E-state index in [0.29, 0.717) is 17.1 Å². The van der Waals surface area contributed by atoms with Gasteiger partial charge in [-0.05, 0) is 36.8 Å². The normalized spacial score (nSPS) is 9.71. The molecule has 1 heterocycles. The van der Waals surface area contributed by atoms with Gasteiger partial charge in [-0.25, -0.2) is 9.37 Å². The Kier molecular flexibility index (Phi) is 3.01. The average Bonchev–Trinajstić information content (AvgIpc) is 2.34. The molecule has 2 aromatic rings. The molecule has 0 fully saturated rings. The van der Waals surface area contributed by atoms with Crippen molar-refractivity contribution in [3.63, 3.8) is 0 Å². The molecule has 17 heavy (non-hydrogen) atoms. The topological polar surface area (TPSA) is 48.7 Å². The van der Waals surface area contributed by atoms with Crippen molar-refractivity contribution >= 4 is 11.5 Å². The molecule has 2 rings (SSSR count). The number of anilines is 2. The van der Waals surface area contributed by atoms with E-state index in [4.69, 9.17) is 5.26 Å². The lowest BCUT2D eigenvalue weighted by molar-refractivity contribution is 0.631. The second-order valence-electron chi connectivity index (χ2n) is 3.62. The summed E-state index contributed by atoms with van der Waals surface area (Å²) in [6.45, 7) is 1.87. The van der Waals surface area contributed by atoms with Crippen LogP contribution in [0.2, 0.25) is 0 Å². The summed E-state index contributed by atoms with van der Waals surface area (Å²) < 4.78 is 13.5. The molecule has 1 aromatic heterocycles. The summed E-state index contributed by atoms with van der Waals surface area (Å²) in [7, 11) is 0. The summed E-state index contributed by atoms with van der Waals surface area (Å²) in [6, 6.07) is 10.0. The second-order valence-corrected chi connectivity index (χ2v) is 3.62. The first-order chi connectivity index (χ1) is 8.20. The van der Waals surface area contributed by atoms with Crippen molar-refractivity contribution in [3.8, 4) is 6.07 Å². The highest BCUT2D eigenvalue weighted by molar-refractivity contribution is 5.63. The van der Waals surface area contributed by atoms with Gasteiger partial charge >= 0.3 is 0 Å². The first-order valence-electron chi connectivity index (χ1n) is 5.09. The van der Waals surface area contributed by atoms with Gasteiger partial charge in [-0.3, -0.25) is 0 Å². The molecular formula is C13H10FN3. The minimum Gasteiger partial charge on any atom is -0.337 e. The summed E-state index contributed by atoms with van der Waals surface area (Å²) in [4.78, 5) is 4.02. The van der Waals surface area contributed by atoms with E-state index in [1.807, 2.05) is 13.0 Å². The molecule has 0 atom stereocenters. The Morgan fingerprint density at radius 3 is 2.94 bits per heavy atom. The van der Waals surface area contributed by atoms with E-state index in [0.717, 1.165) is 5.56 Å². The summed E-state index contributed by atoms with van der Waals surface area (Å²) >= 11 is 0. The first kappa shape index (κ1) is 11.1. The fourth-order valence-electron chi connectivity index (χ4n) is 1.46. The number of nitriles is 1. The zero-order valence-corrected chi connectivity index (χ0v) is 9.24. The number of rotatable bonds is 2. The predicted octanol–water partition coefficient (Wildman–Crippen LogP) is 3.14. The maximum Gasteiger partial charge on any atom is 0.148 e. The van der Waals surface area contributed by atoms with E-state index in [9.17, 15) is 4.39 Å². The Labute approximate surface area is 98.5 Å². The van der Waals surface area contributed by atoms with Crippen LogP contribution in [-0.4, -0.2) is 4.98 Å². The van der Waals surface area contributed by atoms with Crippen LogP contribution in [0.4, 0.5) is 15.9 Å². The van der Waals surface area contributed by atoms with E-state index in [1.165, 1.54) is 6.07 Å². The molecule has 0 amide bonds. The molecule has 0 spiro atoms. The average molecular weight is 227 g/mol. The van der Waals surface area contributed by atoms with Gasteiger partial charge in [0.2, 0.25) is 0 Å². The summed E-state index contributed by atoms with van der Waals surface area (Å²) in [6.07, 6.45) is 1.55. The highest BCUT2D eigenvalue weighted by Gasteiger charge is 2.06. The molecule has 0 aliphatic heterocycles. The first-order valence-corrected chi connectivity index (χ1v) is 5.09. The van der Waals surface area contributed by atoms with Gasteiger partial charge in [-0.1, -0.05) is 6.07 Å². The van der Waals surface area contributed by atoms with Gasteiger partial charge in [-0.15, -0.1) is 0 Å². The van der Waals surface area contributed by atoms with E-state index < -0.39 is 0 Å². The largest absolute Gasteiger partial charge is 0.337 e. The minimum atomic E-state index is -0.370. The van der Waals surface area contributed by atoms with Gasteiger partial charge in [0.1, 0.15) is 17.7 Å². The van der Waals surface area contributed by atoms with Crippen LogP contribution in [0.15, 0.2) is 36.5 Å². The van der Waals surface area contributed by atoms with Crippen LogP contribution in [0.1, 0.15) is 11.1 Å². The molecule has 0 bridgehead atoms. The van der Waals surface area contributed by atoms with Gasteiger partial charge in [0.15, 0.2) is 0 Å². The zero-order valence-electron chi connectivity index (χ0n) is 9.24. The molecule has 0 saturated heterocycles. The number of hydrogen-bond donors (Lipinski definition) is 1. The standard InChI is InChI=1S/C13H10FN3/c1-9-4-5-11(14)12(7-9)17-13-10(8-15)3-2-6-16-13/h2-7H,1H3,(H,16,17). The van der Waals surface area contributed by atoms with Crippen molar-refractivity contribution in [2.24, 2.45) is 0 Å².